The van der Waals surface area contributed by atoms with Crippen LogP contribution in [0.25, 0.3) is 21.5 Å². The van der Waals surface area contributed by atoms with Crippen molar-refractivity contribution >= 4 is 44.4 Å². The standard InChI is InChI=1S/C40H57FN8OS/c1-4-7-8-9-10-11-12-13-14-15-16-17-18-32(38(50)49-25-23-42-24-26-49)31-20-22-36(43-28-31)46-39-44-29-33(41)37(47-39)30-19-21-34-35(27-30)51-40(45-34)48(5-2)6-3/h19-22,27-29,32,42H,4-18,23-26H2,1-3H3,(H,43,44,46,47). The van der Waals surface area contributed by atoms with E-state index >= 15 is 4.39 Å². The number of benzene rings is 1. The fraction of sp³-hybridized carbons (Fsp3) is 0.575. The number of hydrogen-bond acceptors (Lipinski definition) is 9. The maximum Gasteiger partial charge on any atom is 0.230 e. The van der Waals surface area contributed by atoms with Crippen LogP contribution in [0.4, 0.5) is 21.3 Å². The number of pyridine rings is 1. The van der Waals surface area contributed by atoms with Crippen LogP contribution in [0.3, 0.4) is 0 Å². The highest BCUT2D eigenvalue weighted by atomic mass is 32.1. The highest BCUT2D eigenvalue weighted by molar-refractivity contribution is 7.22. The zero-order chi connectivity index (χ0) is 35.8. The molecule has 1 atom stereocenters. The molecule has 276 valence electrons. The number of carbonyl (C=O) groups excluding carboxylic acids is 1. The molecule has 0 bridgehead atoms. The number of halogens is 1. The van der Waals surface area contributed by atoms with Crippen LogP contribution in [0.5, 0.6) is 0 Å². The first-order valence-electron chi connectivity index (χ1n) is 19.4. The molecule has 9 nitrogen and oxygen atoms in total. The second-order valence-electron chi connectivity index (χ2n) is 13.6. The molecule has 1 aliphatic heterocycles. The molecular weight excluding hydrogens is 660 g/mol. The Bertz CT molecular complexity index is 1640. The number of anilines is 3. The zero-order valence-corrected chi connectivity index (χ0v) is 31.7. The number of nitrogens with zero attached hydrogens (tertiary/aromatic N) is 6. The Morgan fingerprint density at radius 1 is 0.882 bits per heavy atom. The fourth-order valence-corrected chi connectivity index (χ4v) is 7.98. The van der Waals surface area contributed by atoms with Crippen molar-refractivity contribution in [2.24, 2.45) is 0 Å². The van der Waals surface area contributed by atoms with Crippen LogP contribution in [0.2, 0.25) is 0 Å². The first-order valence-corrected chi connectivity index (χ1v) is 20.2. The van der Waals surface area contributed by atoms with E-state index in [2.05, 4.69) is 51.3 Å². The van der Waals surface area contributed by atoms with Gasteiger partial charge in [0.05, 0.1) is 22.3 Å². The molecule has 1 unspecified atom stereocenters. The Labute approximate surface area is 307 Å². The molecule has 1 saturated heterocycles. The molecule has 4 heterocycles. The van der Waals surface area contributed by atoms with Crippen molar-refractivity contribution in [3.05, 3.63) is 54.1 Å². The minimum absolute atomic E-state index is 0.190. The Balaban J connectivity index is 1.19. The van der Waals surface area contributed by atoms with Gasteiger partial charge in [-0.15, -0.1) is 0 Å². The van der Waals surface area contributed by atoms with Gasteiger partial charge in [-0.1, -0.05) is 107 Å². The number of piperazine rings is 1. The van der Waals surface area contributed by atoms with Crippen LogP contribution >= 0.6 is 11.3 Å². The number of unbranched alkanes of at least 4 members (excludes halogenated alkanes) is 11. The third kappa shape index (κ3) is 11.1. The van der Waals surface area contributed by atoms with E-state index in [4.69, 9.17) is 4.98 Å². The summed E-state index contributed by atoms with van der Waals surface area (Å²) in [5, 5.41) is 7.45. The molecule has 0 radical (unpaired) electrons. The van der Waals surface area contributed by atoms with Crippen molar-refractivity contribution in [2.75, 3.05) is 49.5 Å². The largest absolute Gasteiger partial charge is 0.349 e. The van der Waals surface area contributed by atoms with Crippen LogP contribution in [0.15, 0.2) is 42.7 Å². The number of carbonyl (C=O) groups is 1. The lowest BCUT2D eigenvalue weighted by Gasteiger charge is -2.31. The molecule has 51 heavy (non-hydrogen) atoms. The quantitative estimate of drug-likeness (QED) is 0.0823. The summed E-state index contributed by atoms with van der Waals surface area (Å²) in [6.07, 6.45) is 19.3. The van der Waals surface area contributed by atoms with Crippen molar-refractivity contribution < 1.29 is 9.18 Å². The summed E-state index contributed by atoms with van der Waals surface area (Å²) in [6, 6.07) is 9.55. The van der Waals surface area contributed by atoms with Crippen molar-refractivity contribution in [1.82, 2.24) is 30.2 Å². The molecule has 1 fully saturated rings. The van der Waals surface area contributed by atoms with Gasteiger partial charge < -0.3 is 20.4 Å². The molecule has 0 aliphatic carbocycles. The molecule has 1 aromatic carbocycles. The van der Waals surface area contributed by atoms with E-state index in [9.17, 15) is 4.79 Å². The number of aromatic nitrogens is 4. The smallest absolute Gasteiger partial charge is 0.230 e. The Hall–Kier alpha value is -3.70. The van der Waals surface area contributed by atoms with E-state index in [0.717, 1.165) is 79.4 Å². The molecule has 11 heteroatoms. The molecule has 3 aromatic heterocycles. The average molecular weight is 717 g/mol. The normalized spacial score (nSPS) is 13.8. The summed E-state index contributed by atoms with van der Waals surface area (Å²) < 4.78 is 16.0. The van der Waals surface area contributed by atoms with Gasteiger partial charge >= 0.3 is 0 Å². The first-order chi connectivity index (χ1) is 25.0. The molecular formula is C40H57FN8OS. The third-order valence-corrected chi connectivity index (χ3v) is 11.0. The number of fused-ring (bicyclic) bond motifs is 1. The Morgan fingerprint density at radius 3 is 2.22 bits per heavy atom. The van der Waals surface area contributed by atoms with Crippen LogP contribution in [-0.2, 0) is 4.79 Å². The molecule has 4 aromatic rings. The summed E-state index contributed by atoms with van der Waals surface area (Å²) in [6.45, 7) is 11.4. The highest BCUT2D eigenvalue weighted by Crippen LogP contribution is 2.33. The number of amides is 1. The predicted octanol–water partition coefficient (Wildman–Crippen LogP) is 9.48. The summed E-state index contributed by atoms with van der Waals surface area (Å²) in [7, 11) is 0. The second kappa shape index (κ2) is 20.4. The highest BCUT2D eigenvalue weighted by Gasteiger charge is 2.27. The lowest BCUT2D eigenvalue weighted by atomic mass is 9.92. The molecule has 0 saturated carbocycles. The van der Waals surface area contributed by atoms with Gasteiger partial charge in [0.1, 0.15) is 11.5 Å². The summed E-state index contributed by atoms with van der Waals surface area (Å²) in [5.74, 6) is 0.270. The Morgan fingerprint density at radius 2 is 1.57 bits per heavy atom. The van der Waals surface area contributed by atoms with E-state index < -0.39 is 5.82 Å². The van der Waals surface area contributed by atoms with E-state index in [1.807, 2.05) is 35.2 Å². The van der Waals surface area contributed by atoms with Crippen LogP contribution in [0.1, 0.15) is 116 Å². The van der Waals surface area contributed by atoms with Crippen LogP contribution < -0.4 is 15.5 Å². The van der Waals surface area contributed by atoms with Gasteiger partial charge in [0.25, 0.3) is 0 Å². The predicted molar refractivity (Wildman–Crippen MR) is 210 cm³/mol. The van der Waals surface area contributed by atoms with Gasteiger partial charge in [0.15, 0.2) is 10.9 Å². The van der Waals surface area contributed by atoms with Crippen molar-refractivity contribution in [2.45, 2.75) is 110 Å². The monoisotopic (exact) mass is 716 g/mol. The van der Waals surface area contributed by atoms with Crippen molar-refractivity contribution in [1.29, 1.82) is 0 Å². The third-order valence-electron chi connectivity index (χ3n) is 9.93. The number of hydrogen-bond donors (Lipinski definition) is 2. The SMILES string of the molecule is CCCCCCCCCCCCCCC(C(=O)N1CCNCC1)c1ccc(Nc2ncc(F)c(-c3ccc4nc(N(CC)CC)sc4c3)n2)nc1. The van der Waals surface area contributed by atoms with Crippen LogP contribution in [-0.4, -0.2) is 70.0 Å². The topological polar surface area (TPSA) is 99.2 Å². The van der Waals surface area contributed by atoms with Gasteiger partial charge in [-0.3, -0.25) is 4.79 Å². The summed E-state index contributed by atoms with van der Waals surface area (Å²) >= 11 is 1.60. The number of rotatable bonds is 21. The first kappa shape index (κ1) is 38.5. The lowest BCUT2D eigenvalue weighted by Crippen LogP contribution is -2.48. The maximum atomic E-state index is 15.0. The summed E-state index contributed by atoms with van der Waals surface area (Å²) in [4.78, 5) is 36.1. The van der Waals surface area contributed by atoms with E-state index in [1.165, 1.54) is 70.4 Å². The summed E-state index contributed by atoms with van der Waals surface area (Å²) in [5.41, 5.74) is 2.69. The zero-order valence-electron chi connectivity index (χ0n) is 30.9. The average Bonchev–Trinajstić information content (AvgIpc) is 3.59. The molecule has 0 spiro atoms. The van der Waals surface area contributed by atoms with Crippen molar-refractivity contribution in [3.8, 4) is 11.3 Å². The van der Waals surface area contributed by atoms with Gasteiger partial charge in [-0.2, -0.15) is 0 Å². The van der Waals surface area contributed by atoms with Gasteiger partial charge in [-0.25, -0.2) is 24.3 Å². The van der Waals surface area contributed by atoms with E-state index in [-0.39, 0.29) is 23.5 Å². The molecule has 5 rings (SSSR count). The molecule has 1 amide bonds. The lowest BCUT2D eigenvalue weighted by molar-refractivity contribution is -0.133. The van der Waals surface area contributed by atoms with Crippen LogP contribution in [0, 0.1) is 5.82 Å². The van der Waals surface area contributed by atoms with Crippen molar-refractivity contribution in [3.63, 3.8) is 0 Å². The minimum Gasteiger partial charge on any atom is -0.349 e. The minimum atomic E-state index is -0.497. The Kier molecular flexibility index (Phi) is 15.4. The fourth-order valence-electron chi connectivity index (χ4n) is 6.85. The van der Waals surface area contributed by atoms with Gasteiger partial charge in [-0.05, 0) is 44.0 Å². The second-order valence-corrected chi connectivity index (χ2v) is 14.7. The van der Waals surface area contributed by atoms with E-state index in [0.29, 0.717) is 11.4 Å². The van der Waals surface area contributed by atoms with Gasteiger partial charge in [0, 0.05) is 51.0 Å². The molecule has 1 aliphatic rings. The van der Waals surface area contributed by atoms with E-state index in [1.54, 1.807) is 17.5 Å². The van der Waals surface area contributed by atoms with Gasteiger partial charge in [0.2, 0.25) is 11.9 Å². The molecule has 2 N–H and O–H groups in total. The number of nitrogens with one attached hydrogen (secondary N) is 2. The maximum absolute atomic E-state index is 15.0. The number of thiazole rings is 1.